The fourth-order valence-corrected chi connectivity index (χ4v) is 2.85. The van der Waals surface area contributed by atoms with E-state index in [0.717, 1.165) is 32.4 Å². The third-order valence-electron chi connectivity index (χ3n) is 4.36. The van der Waals surface area contributed by atoms with Crippen LogP contribution in [0.2, 0.25) is 0 Å². The van der Waals surface area contributed by atoms with Gasteiger partial charge >= 0.3 is 0 Å². The Bertz CT molecular complexity index is 338. The maximum absolute atomic E-state index is 12.5. The van der Waals surface area contributed by atoms with E-state index in [1.165, 1.54) is 0 Å². The SMILES string of the molecule is CCCN(CC(=O)N(C)C)C(=O)CC(C)C1CCNCC1. The number of likely N-dealkylation sites (N-methyl/N-ethyl adjacent to an activating group) is 1. The van der Waals surface area contributed by atoms with Crippen LogP contribution in [0.5, 0.6) is 0 Å². The fourth-order valence-electron chi connectivity index (χ4n) is 2.85. The van der Waals surface area contributed by atoms with E-state index < -0.39 is 0 Å². The summed E-state index contributed by atoms with van der Waals surface area (Å²) >= 11 is 0. The van der Waals surface area contributed by atoms with Crippen molar-refractivity contribution in [2.45, 2.75) is 39.5 Å². The van der Waals surface area contributed by atoms with Crippen LogP contribution >= 0.6 is 0 Å². The summed E-state index contributed by atoms with van der Waals surface area (Å²) in [6.45, 7) is 7.19. The molecule has 0 bridgehead atoms. The monoisotopic (exact) mass is 297 g/mol. The Morgan fingerprint density at radius 1 is 1.19 bits per heavy atom. The summed E-state index contributed by atoms with van der Waals surface area (Å²) in [5, 5.41) is 3.36. The first-order valence-electron chi connectivity index (χ1n) is 8.14. The third kappa shape index (κ3) is 6.04. The number of hydrogen-bond donors (Lipinski definition) is 1. The summed E-state index contributed by atoms with van der Waals surface area (Å²) in [7, 11) is 3.46. The van der Waals surface area contributed by atoms with Gasteiger partial charge in [-0.1, -0.05) is 13.8 Å². The van der Waals surface area contributed by atoms with Gasteiger partial charge in [0.25, 0.3) is 0 Å². The van der Waals surface area contributed by atoms with Crippen LogP contribution in [-0.2, 0) is 9.59 Å². The first-order chi connectivity index (χ1) is 9.95. The first kappa shape index (κ1) is 18.0. The molecule has 5 nitrogen and oxygen atoms in total. The molecule has 0 saturated carbocycles. The molecule has 1 N–H and O–H groups in total. The van der Waals surface area contributed by atoms with Crippen molar-refractivity contribution in [2.24, 2.45) is 11.8 Å². The van der Waals surface area contributed by atoms with Gasteiger partial charge in [0.1, 0.15) is 0 Å². The number of amides is 2. The van der Waals surface area contributed by atoms with Crippen molar-refractivity contribution in [1.82, 2.24) is 15.1 Å². The van der Waals surface area contributed by atoms with E-state index in [9.17, 15) is 9.59 Å². The zero-order valence-corrected chi connectivity index (χ0v) is 14.0. The number of carbonyl (C=O) groups is 2. The highest BCUT2D eigenvalue weighted by atomic mass is 16.2. The van der Waals surface area contributed by atoms with E-state index in [4.69, 9.17) is 0 Å². The van der Waals surface area contributed by atoms with Crippen LogP contribution < -0.4 is 5.32 Å². The molecule has 1 atom stereocenters. The summed E-state index contributed by atoms with van der Waals surface area (Å²) in [5.74, 6) is 1.14. The molecule has 0 aromatic rings. The molecule has 0 aliphatic carbocycles. The maximum atomic E-state index is 12.5. The van der Waals surface area contributed by atoms with Crippen LogP contribution in [0.4, 0.5) is 0 Å². The Balaban J connectivity index is 2.52. The van der Waals surface area contributed by atoms with Crippen molar-refractivity contribution in [1.29, 1.82) is 0 Å². The third-order valence-corrected chi connectivity index (χ3v) is 4.36. The van der Waals surface area contributed by atoms with Gasteiger partial charge < -0.3 is 15.1 Å². The molecule has 1 saturated heterocycles. The zero-order chi connectivity index (χ0) is 15.8. The number of piperidine rings is 1. The second-order valence-corrected chi connectivity index (χ2v) is 6.37. The molecule has 1 unspecified atom stereocenters. The molecule has 21 heavy (non-hydrogen) atoms. The molecule has 0 aromatic heterocycles. The van der Waals surface area contributed by atoms with Gasteiger partial charge in [-0.25, -0.2) is 0 Å². The number of hydrogen-bond acceptors (Lipinski definition) is 3. The number of nitrogens with one attached hydrogen (secondary N) is 1. The maximum Gasteiger partial charge on any atom is 0.241 e. The van der Waals surface area contributed by atoms with Gasteiger partial charge in [-0.2, -0.15) is 0 Å². The van der Waals surface area contributed by atoms with E-state index in [1.807, 2.05) is 6.92 Å². The standard InChI is InChI=1S/C16H31N3O2/c1-5-10-19(12-16(21)18(3)4)15(20)11-13(2)14-6-8-17-9-7-14/h13-14,17H,5-12H2,1-4H3. The summed E-state index contributed by atoms with van der Waals surface area (Å²) in [4.78, 5) is 27.6. The van der Waals surface area contributed by atoms with Gasteiger partial charge in [0.2, 0.25) is 11.8 Å². The Morgan fingerprint density at radius 3 is 2.33 bits per heavy atom. The van der Waals surface area contributed by atoms with Crippen molar-refractivity contribution in [2.75, 3.05) is 40.3 Å². The first-order valence-corrected chi connectivity index (χ1v) is 8.14. The lowest BCUT2D eigenvalue weighted by Gasteiger charge is -2.30. The normalized spacial score (nSPS) is 17.3. The van der Waals surface area contributed by atoms with Crippen molar-refractivity contribution >= 4 is 11.8 Å². The zero-order valence-electron chi connectivity index (χ0n) is 14.0. The van der Waals surface area contributed by atoms with Gasteiger partial charge in [0.15, 0.2) is 0 Å². The van der Waals surface area contributed by atoms with E-state index in [1.54, 1.807) is 23.9 Å². The average Bonchev–Trinajstić information content (AvgIpc) is 2.47. The predicted molar refractivity (Wildman–Crippen MR) is 84.9 cm³/mol. The second-order valence-electron chi connectivity index (χ2n) is 6.37. The molecule has 5 heteroatoms. The van der Waals surface area contributed by atoms with Crippen LogP contribution in [0.25, 0.3) is 0 Å². The summed E-state index contributed by atoms with van der Waals surface area (Å²) in [6, 6.07) is 0. The Morgan fingerprint density at radius 2 is 1.81 bits per heavy atom. The van der Waals surface area contributed by atoms with Crippen molar-refractivity contribution in [3.05, 3.63) is 0 Å². The van der Waals surface area contributed by atoms with Crippen LogP contribution in [0, 0.1) is 11.8 Å². The van der Waals surface area contributed by atoms with Gasteiger partial charge in [-0.15, -0.1) is 0 Å². The lowest BCUT2D eigenvalue weighted by molar-refractivity contribution is -0.140. The number of rotatable bonds is 7. The number of nitrogens with zero attached hydrogens (tertiary/aromatic N) is 2. The molecular weight excluding hydrogens is 266 g/mol. The topological polar surface area (TPSA) is 52.7 Å². The van der Waals surface area contributed by atoms with E-state index in [2.05, 4.69) is 12.2 Å². The Hall–Kier alpha value is -1.10. The Kier molecular flexibility index (Phi) is 7.72. The lowest BCUT2D eigenvalue weighted by atomic mass is 9.84. The molecular formula is C16H31N3O2. The van der Waals surface area contributed by atoms with Gasteiger partial charge in [-0.3, -0.25) is 9.59 Å². The van der Waals surface area contributed by atoms with Crippen LogP contribution in [0.1, 0.15) is 39.5 Å². The van der Waals surface area contributed by atoms with Gasteiger partial charge in [-0.05, 0) is 44.2 Å². The van der Waals surface area contributed by atoms with Crippen LogP contribution in [-0.4, -0.2) is 61.9 Å². The lowest BCUT2D eigenvalue weighted by Crippen LogP contribution is -2.42. The minimum Gasteiger partial charge on any atom is -0.347 e. The van der Waals surface area contributed by atoms with Gasteiger partial charge in [0.05, 0.1) is 6.54 Å². The summed E-state index contributed by atoms with van der Waals surface area (Å²) in [5.41, 5.74) is 0. The molecule has 1 aliphatic heterocycles. The molecule has 1 fully saturated rings. The minimum absolute atomic E-state index is 0.00804. The molecule has 0 aromatic carbocycles. The molecule has 2 amide bonds. The smallest absolute Gasteiger partial charge is 0.241 e. The van der Waals surface area contributed by atoms with Crippen molar-refractivity contribution in [3.8, 4) is 0 Å². The molecule has 122 valence electrons. The fraction of sp³-hybridized carbons (Fsp3) is 0.875. The van der Waals surface area contributed by atoms with Gasteiger partial charge in [0, 0.05) is 27.1 Å². The highest BCUT2D eigenvalue weighted by molar-refractivity contribution is 5.84. The molecule has 1 aliphatic rings. The average molecular weight is 297 g/mol. The van der Waals surface area contributed by atoms with Crippen molar-refractivity contribution < 1.29 is 9.59 Å². The quantitative estimate of drug-likeness (QED) is 0.771. The molecule has 1 rings (SSSR count). The number of carbonyl (C=O) groups excluding carboxylic acids is 2. The van der Waals surface area contributed by atoms with E-state index in [-0.39, 0.29) is 18.4 Å². The minimum atomic E-state index is -0.00804. The highest BCUT2D eigenvalue weighted by Gasteiger charge is 2.25. The molecule has 1 heterocycles. The predicted octanol–water partition coefficient (Wildman–Crippen LogP) is 1.34. The van der Waals surface area contributed by atoms with Crippen LogP contribution in [0.3, 0.4) is 0 Å². The summed E-state index contributed by atoms with van der Waals surface area (Å²) in [6.07, 6.45) is 3.75. The summed E-state index contributed by atoms with van der Waals surface area (Å²) < 4.78 is 0. The van der Waals surface area contributed by atoms with E-state index in [0.29, 0.717) is 24.8 Å². The molecule has 0 radical (unpaired) electrons. The Labute approximate surface area is 129 Å². The van der Waals surface area contributed by atoms with Crippen molar-refractivity contribution in [3.63, 3.8) is 0 Å². The molecule has 0 spiro atoms. The van der Waals surface area contributed by atoms with E-state index >= 15 is 0 Å². The van der Waals surface area contributed by atoms with Crippen LogP contribution in [0.15, 0.2) is 0 Å². The second kappa shape index (κ2) is 9.03. The largest absolute Gasteiger partial charge is 0.347 e. The highest BCUT2D eigenvalue weighted by Crippen LogP contribution is 2.24.